The van der Waals surface area contributed by atoms with Gasteiger partial charge in [0.05, 0.1) is 6.61 Å². The second kappa shape index (κ2) is 8.26. The quantitative estimate of drug-likeness (QED) is 0.637. The number of hydrogen-bond acceptors (Lipinski definition) is 6. The van der Waals surface area contributed by atoms with Crippen LogP contribution in [0.4, 0.5) is 4.39 Å². The number of esters is 1. The van der Waals surface area contributed by atoms with Gasteiger partial charge in [0.1, 0.15) is 24.6 Å². The van der Waals surface area contributed by atoms with E-state index in [-0.39, 0.29) is 37.3 Å². The fourth-order valence-electron chi connectivity index (χ4n) is 2.38. The molecule has 27 heavy (non-hydrogen) atoms. The molecule has 0 fully saturated rings. The van der Waals surface area contributed by atoms with E-state index in [0.717, 1.165) is 0 Å². The van der Waals surface area contributed by atoms with Crippen LogP contribution in [0.5, 0.6) is 0 Å². The van der Waals surface area contributed by atoms with Crippen LogP contribution >= 0.6 is 0 Å². The Balaban J connectivity index is 1.69. The molecule has 3 aromatic rings. The van der Waals surface area contributed by atoms with E-state index in [1.807, 2.05) is 0 Å². The summed E-state index contributed by atoms with van der Waals surface area (Å²) in [4.78, 5) is 27.6. The summed E-state index contributed by atoms with van der Waals surface area (Å²) in [7, 11) is 0. The lowest BCUT2D eigenvalue weighted by Crippen LogP contribution is -2.33. The molecule has 2 aromatic heterocycles. The number of ether oxygens (including phenoxy) is 1. The molecule has 1 N–H and O–H groups in total. The Bertz CT molecular complexity index is 933. The van der Waals surface area contributed by atoms with Gasteiger partial charge in [0.2, 0.25) is 11.7 Å². The molecular formula is C18H17FN4O4. The molecular weight excluding hydrogens is 355 g/mol. The number of halogens is 1. The number of hydrogen-bond donors (Lipinski definition) is 1. The third-order valence-electron chi connectivity index (χ3n) is 3.63. The standard InChI is InChI=1S/C18H17FN4O4/c1-2-26-16(25)10-20-15(24)11-23-9-3-4-14(23)18-21-17(22-27-18)12-5-7-13(19)8-6-12/h3-9H,2,10-11H2,1H3,(H,20,24). The fraction of sp³-hybridized carbons (Fsp3) is 0.222. The summed E-state index contributed by atoms with van der Waals surface area (Å²) in [5.41, 5.74) is 1.15. The molecule has 140 valence electrons. The Morgan fingerprint density at radius 2 is 2.04 bits per heavy atom. The maximum absolute atomic E-state index is 13.0. The molecule has 0 aliphatic carbocycles. The molecule has 0 spiro atoms. The van der Waals surface area contributed by atoms with E-state index in [0.29, 0.717) is 17.1 Å². The van der Waals surface area contributed by atoms with Crippen molar-refractivity contribution in [3.05, 3.63) is 48.4 Å². The summed E-state index contributed by atoms with van der Waals surface area (Å²) < 4.78 is 24.7. The smallest absolute Gasteiger partial charge is 0.325 e. The van der Waals surface area contributed by atoms with Gasteiger partial charge < -0.3 is 19.1 Å². The second-order valence-electron chi connectivity index (χ2n) is 5.53. The van der Waals surface area contributed by atoms with Crippen LogP contribution in [0.15, 0.2) is 47.1 Å². The topological polar surface area (TPSA) is 99.2 Å². The lowest BCUT2D eigenvalue weighted by molar-refractivity contribution is -0.143. The number of aromatic nitrogens is 3. The van der Waals surface area contributed by atoms with E-state index in [1.165, 1.54) is 12.1 Å². The zero-order chi connectivity index (χ0) is 19.2. The van der Waals surface area contributed by atoms with Crippen molar-refractivity contribution in [2.45, 2.75) is 13.5 Å². The van der Waals surface area contributed by atoms with Gasteiger partial charge in [0, 0.05) is 11.8 Å². The van der Waals surface area contributed by atoms with Crippen molar-refractivity contribution in [1.82, 2.24) is 20.0 Å². The van der Waals surface area contributed by atoms with E-state index in [1.54, 1.807) is 42.0 Å². The minimum Gasteiger partial charge on any atom is -0.465 e. The van der Waals surface area contributed by atoms with Gasteiger partial charge in [-0.25, -0.2) is 4.39 Å². The summed E-state index contributed by atoms with van der Waals surface area (Å²) in [5.74, 6) is -0.689. The lowest BCUT2D eigenvalue weighted by atomic mass is 10.2. The SMILES string of the molecule is CCOC(=O)CNC(=O)Cn1cccc1-c1nc(-c2ccc(F)cc2)no1. The maximum Gasteiger partial charge on any atom is 0.325 e. The average molecular weight is 372 g/mol. The first-order valence-electron chi connectivity index (χ1n) is 8.24. The Morgan fingerprint density at radius 3 is 2.78 bits per heavy atom. The Kier molecular flexibility index (Phi) is 5.60. The molecule has 0 aliphatic heterocycles. The molecule has 9 heteroatoms. The summed E-state index contributed by atoms with van der Waals surface area (Å²) >= 11 is 0. The van der Waals surface area contributed by atoms with Gasteiger partial charge in [0.25, 0.3) is 5.89 Å². The van der Waals surface area contributed by atoms with E-state index in [4.69, 9.17) is 9.26 Å². The van der Waals surface area contributed by atoms with Gasteiger partial charge >= 0.3 is 5.97 Å². The Morgan fingerprint density at radius 1 is 1.26 bits per heavy atom. The molecule has 0 saturated heterocycles. The van der Waals surface area contributed by atoms with Crippen molar-refractivity contribution in [2.24, 2.45) is 0 Å². The predicted octanol–water partition coefficient (Wildman–Crippen LogP) is 2.02. The molecule has 1 amide bonds. The molecule has 8 nitrogen and oxygen atoms in total. The van der Waals surface area contributed by atoms with Crippen LogP contribution in [0.2, 0.25) is 0 Å². The normalized spacial score (nSPS) is 10.6. The zero-order valence-corrected chi connectivity index (χ0v) is 14.5. The second-order valence-corrected chi connectivity index (χ2v) is 5.53. The Hall–Kier alpha value is -3.49. The van der Waals surface area contributed by atoms with Crippen molar-refractivity contribution in [2.75, 3.05) is 13.2 Å². The molecule has 0 radical (unpaired) electrons. The van der Waals surface area contributed by atoms with Crippen LogP contribution in [0.3, 0.4) is 0 Å². The molecule has 2 heterocycles. The summed E-state index contributed by atoms with van der Waals surface area (Å²) in [5, 5.41) is 6.37. The molecule has 0 aliphatic rings. The van der Waals surface area contributed by atoms with Crippen LogP contribution in [-0.4, -0.2) is 39.7 Å². The van der Waals surface area contributed by atoms with Crippen LogP contribution in [-0.2, 0) is 20.9 Å². The van der Waals surface area contributed by atoms with Crippen molar-refractivity contribution < 1.29 is 23.2 Å². The highest BCUT2D eigenvalue weighted by atomic mass is 19.1. The number of nitrogens with zero attached hydrogens (tertiary/aromatic N) is 3. The molecule has 0 atom stereocenters. The van der Waals surface area contributed by atoms with Gasteiger partial charge in [-0.05, 0) is 43.3 Å². The summed E-state index contributed by atoms with van der Waals surface area (Å²) in [6, 6.07) is 9.16. The highest BCUT2D eigenvalue weighted by Gasteiger charge is 2.16. The largest absolute Gasteiger partial charge is 0.465 e. The van der Waals surface area contributed by atoms with E-state index in [2.05, 4.69) is 15.5 Å². The van der Waals surface area contributed by atoms with Gasteiger partial charge in [-0.3, -0.25) is 9.59 Å². The highest BCUT2D eigenvalue weighted by molar-refractivity contribution is 5.82. The minimum absolute atomic E-state index is 0.0317. The van der Waals surface area contributed by atoms with Crippen molar-refractivity contribution in [3.8, 4) is 23.0 Å². The molecule has 0 bridgehead atoms. The number of benzene rings is 1. The monoisotopic (exact) mass is 372 g/mol. The summed E-state index contributed by atoms with van der Waals surface area (Å²) in [6.45, 7) is 1.72. The van der Waals surface area contributed by atoms with Crippen LogP contribution in [0, 0.1) is 5.82 Å². The molecule has 0 saturated carbocycles. The first-order valence-corrected chi connectivity index (χ1v) is 8.24. The number of carbonyl (C=O) groups excluding carboxylic acids is 2. The molecule has 0 unspecified atom stereocenters. The van der Waals surface area contributed by atoms with Crippen LogP contribution in [0.25, 0.3) is 23.0 Å². The molecule has 1 aromatic carbocycles. The van der Waals surface area contributed by atoms with E-state index >= 15 is 0 Å². The van der Waals surface area contributed by atoms with Gasteiger partial charge in [0.15, 0.2) is 0 Å². The third-order valence-corrected chi connectivity index (χ3v) is 3.63. The Labute approximate surface area is 153 Å². The van der Waals surface area contributed by atoms with E-state index < -0.39 is 5.97 Å². The van der Waals surface area contributed by atoms with Gasteiger partial charge in [-0.2, -0.15) is 4.98 Å². The number of rotatable bonds is 7. The van der Waals surface area contributed by atoms with Crippen molar-refractivity contribution in [3.63, 3.8) is 0 Å². The number of nitrogens with one attached hydrogen (secondary N) is 1. The molecule has 3 rings (SSSR count). The zero-order valence-electron chi connectivity index (χ0n) is 14.5. The lowest BCUT2D eigenvalue weighted by Gasteiger charge is -2.07. The average Bonchev–Trinajstić information content (AvgIpc) is 3.30. The highest BCUT2D eigenvalue weighted by Crippen LogP contribution is 2.22. The van der Waals surface area contributed by atoms with Crippen molar-refractivity contribution >= 4 is 11.9 Å². The minimum atomic E-state index is -0.501. The van der Waals surface area contributed by atoms with Crippen molar-refractivity contribution in [1.29, 1.82) is 0 Å². The third kappa shape index (κ3) is 4.57. The number of amides is 1. The maximum atomic E-state index is 13.0. The van der Waals surface area contributed by atoms with Crippen LogP contribution < -0.4 is 5.32 Å². The number of carbonyl (C=O) groups is 2. The van der Waals surface area contributed by atoms with E-state index in [9.17, 15) is 14.0 Å². The predicted molar refractivity (Wildman–Crippen MR) is 92.8 cm³/mol. The van der Waals surface area contributed by atoms with Gasteiger partial charge in [-0.15, -0.1) is 0 Å². The first-order chi connectivity index (χ1) is 13.1. The van der Waals surface area contributed by atoms with Crippen LogP contribution in [0.1, 0.15) is 6.92 Å². The van der Waals surface area contributed by atoms with Gasteiger partial charge in [-0.1, -0.05) is 5.16 Å². The fourth-order valence-corrected chi connectivity index (χ4v) is 2.38. The first kappa shape index (κ1) is 18.3. The summed E-state index contributed by atoms with van der Waals surface area (Å²) in [6.07, 6.45) is 1.68.